The maximum Gasteiger partial charge on any atom is 0.417 e. The summed E-state index contributed by atoms with van der Waals surface area (Å²) in [6.45, 7) is 5.25. The highest BCUT2D eigenvalue weighted by molar-refractivity contribution is 8.01. The molecule has 0 radical (unpaired) electrons. The van der Waals surface area contributed by atoms with Crippen molar-refractivity contribution in [2.75, 3.05) is 10.8 Å². The van der Waals surface area contributed by atoms with Crippen LogP contribution in [-0.2, 0) is 15.7 Å². The minimum atomic E-state index is -4.55. The number of carbonyl (C=O) groups is 2. The summed E-state index contributed by atoms with van der Waals surface area (Å²) >= 11 is 1.01. The molecule has 0 bridgehead atoms. The van der Waals surface area contributed by atoms with E-state index in [1.165, 1.54) is 0 Å². The third-order valence-electron chi connectivity index (χ3n) is 2.88. The molecule has 2 heterocycles. The molecule has 0 aromatic carbocycles. The van der Waals surface area contributed by atoms with Crippen molar-refractivity contribution in [1.82, 2.24) is 10.3 Å². The topological polar surface area (TPSA) is 71.5 Å². The zero-order chi connectivity index (χ0) is 18.1. The Bertz CT molecular complexity index is 646. The van der Waals surface area contributed by atoms with Gasteiger partial charge in [0.1, 0.15) is 0 Å². The number of nitrogens with zero attached hydrogens (tertiary/aromatic N) is 2. The SMILES string of the molecule is CC(C)(C)NC(=O)OC1SCN(c2cncc(C(F)(F)F)c2)C1=O. The first-order valence-electron chi connectivity index (χ1n) is 6.91. The molecule has 0 saturated carbocycles. The summed E-state index contributed by atoms with van der Waals surface area (Å²) in [5.41, 5.74) is -2.59. The van der Waals surface area contributed by atoms with Gasteiger partial charge in [-0.15, -0.1) is 0 Å². The lowest BCUT2D eigenvalue weighted by atomic mass is 10.1. The molecule has 2 rings (SSSR count). The van der Waals surface area contributed by atoms with Gasteiger partial charge in [-0.3, -0.25) is 14.7 Å². The van der Waals surface area contributed by atoms with Crippen molar-refractivity contribution in [2.24, 2.45) is 0 Å². The van der Waals surface area contributed by atoms with Crippen LogP contribution in [0.15, 0.2) is 18.5 Å². The number of alkyl halides is 3. The predicted molar refractivity (Wildman–Crippen MR) is 82.3 cm³/mol. The zero-order valence-electron chi connectivity index (χ0n) is 13.2. The fraction of sp³-hybridized carbons (Fsp3) is 0.500. The highest BCUT2D eigenvalue weighted by atomic mass is 32.2. The molecular formula is C14H16F3N3O3S. The van der Waals surface area contributed by atoms with Crippen LogP contribution in [0.1, 0.15) is 26.3 Å². The average molecular weight is 363 g/mol. The number of anilines is 1. The lowest BCUT2D eigenvalue weighted by molar-refractivity contribution is -0.137. The monoisotopic (exact) mass is 363 g/mol. The van der Waals surface area contributed by atoms with Crippen molar-refractivity contribution < 1.29 is 27.5 Å². The normalized spacial score (nSPS) is 18.7. The van der Waals surface area contributed by atoms with Crippen LogP contribution >= 0.6 is 11.8 Å². The maximum absolute atomic E-state index is 12.7. The molecule has 132 valence electrons. The number of pyridine rings is 1. The van der Waals surface area contributed by atoms with Crippen LogP contribution in [0, 0.1) is 0 Å². The minimum Gasteiger partial charge on any atom is -0.425 e. The molecule has 1 saturated heterocycles. The van der Waals surface area contributed by atoms with Crippen LogP contribution in [0.25, 0.3) is 0 Å². The van der Waals surface area contributed by atoms with Crippen LogP contribution in [0.4, 0.5) is 23.7 Å². The summed E-state index contributed by atoms with van der Waals surface area (Å²) in [5, 5.41) is 2.54. The average Bonchev–Trinajstić information content (AvgIpc) is 2.77. The number of hydrogen-bond donors (Lipinski definition) is 1. The summed E-state index contributed by atoms with van der Waals surface area (Å²) in [7, 11) is 0. The van der Waals surface area contributed by atoms with Crippen molar-refractivity contribution in [3.8, 4) is 0 Å². The second kappa shape index (κ2) is 6.50. The van der Waals surface area contributed by atoms with Crippen molar-refractivity contribution in [3.05, 3.63) is 24.0 Å². The standard InChI is InChI=1S/C14H16F3N3O3S/c1-13(2,3)19-12(22)23-11-10(21)20(7-24-11)9-4-8(5-18-6-9)14(15,16)17/h4-6,11H,7H2,1-3H3,(H,19,22). The highest BCUT2D eigenvalue weighted by Gasteiger charge is 2.38. The molecule has 1 atom stereocenters. The van der Waals surface area contributed by atoms with E-state index in [0.717, 1.165) is 28.9 Å². The second-order valence-corrected chi connectivity index (χ2v) is 7.12. The molecule has 6 nitrogen and oxygen atoms in total. The first-order chi connectivity index (χ1) is 11.0. The summed E-state index contributed by atoms with van der Waals surface area (Å²) < 4.78 is 43.2. The van der Waals surface area contributed by atoms with Crippen LogP contribution < -0.4 is 10.2 Å². The Hall–Kier alpha value is -1.97. The van der Waals surface area contributed by atoms with E-state index in [1.54, 1.807) is 20.8 Å². The smallest absolute Gasteiger partial charge is 0.417 e. The number of halogens is 3. The van der Waals surface area contributed by atoms with Gasteiger partial charge >= 0.3 is 12.3 Å². The zero-order valence-corrected chi connectivity index (χ0v) is 14.0. The van der Waals surface area contributed by atoms with E-state index in [4.69, 9.17) is 4.74 Å². The van der Waals surface area contributed by atoms with Gasteiger partial charge < -0.3 is 10.1 Å². The van der Waals surface area contributed by atoms with E-state index < -0.39 is 34.7 Å². The fourth-order valence-corrected chi connectivity index (χ4v) is 2.84. The molecule has 1 aliphatic rings. The van der Waals surface area contributed by atoms with Gasteiger partial charge in [0.2, 0.25) is 5.44 Å². The molecule has 1 aromatic heterocycles. The molecule has 1 aromatic rings. The molecule has 10 heteroatoms. The maximum atomic E-state index is 12.7. The Morgan fingerprint density at radius 2 is 2.04 bits per heavy atom. The van der Waals surface area contributed by atoms with E-state index in [9.17, 15) is 22.8 Å². The van der Waals surface area contributed by atoms with E-state index in [1.807, 2.05) is 0 Å². The number of hydrogen-bond acceptors (Lipinski definition) is 5. The number of alkyl carbamates (subject to hydrolysis) is 1. The Morgan fingerprint density at radius 3 is 2.62 bits per heavy atom. The Labute approximate surface area is 140 Å². The number of thioether (sulfide) groups is 1. The molecule has 1 unspecified atom stereocenters. The lowest BCUT2D eigenvalue weighted by Gasteiger charge is -2.21. The van der Waals surface area contributed by atoms with E-state index in [0.29, 0.717) is 6.20 Å². The van der Waals surface area contributed by atoms with Gasteiger partial charge in [0.15, 0.2) is 0 Å². The largest absolute Gasteiger partial charge is 0.425 e. The molecule has 24 heavy (non-hydrogen) atoms. The van der Waals surface area contributed by atoms with Gasteiger partial charge in [0, 0.05) is 11.7 Å². The predicted octanol–water partition coefficient (Wildman–Crippen LogP) is 2.99. The van der Waals surface area contributed by atoms with Gasteiger partial charge in [-0.1, -0.05) is 11.8 Å². The first kappa shape index (κ1) is 18.4. The van der Waals surface area contributed by atoms with Gasteiger partial charge in [-0.25, -0.2) is 4.79 Å². The van der Waals surface area contributed by atoms with E-state index in [-0.39, 0.29) is 11.6 Å². The van der Waals surface area contributed by atoms with E-state index in [2.05, 4.69) is 10.3 Å². The second-order valence-electron chi connectivity index (χ2n) is 6.10. The van der Waals surface area contributed by atoms with Crippen LogP contribution in [-0.4, -0.2) is 33.8 Å². The molecule has 1 fully saturated rings. The highest BCUT2D eigenvalue weighted by Crippen LogP contribution is 2.34. The fourth-order valence-electron chi connectivity index (χ4n) is 1.85. The summed E-state index contributed by atoms with van der Waals surface area (Å²) in [6.07, 6.45) is -3.48. The summed E-state index contributed by atoms with van der Waals surface area (Å²) in [4.78, 5) is 28.6. The van der Waals surface area contributed by atoms with Crippen molar-refractivity contribution in [3.63, 3.8) is 0 Å². The number of amides is 2. The van der Waals surface area contributed by atoms with E-state index >= 15 is 0 Å². The number of carbonyl (C=O) groups excluding carboxylic acids is 2. The number of rotatable bonds is 2. The van der Waals surface area contributed by atoms with Crippen LogP contribution in [0.3, 0.4) is 0 Å². The van der Waals surface area contributed by atoms with Crippen LogP contribution in [0.2, 0.25) is 0 Å². The lowest BCUT2D eigenvalue weighted by Crippen LogP contribution is -2.43. The van der Waals surface area contributed by atoms with Gasteiger partial charge in [-0.05, 0) is 26.8 Å². The molecule has 2 amide bonds. The number of nitrogens with one attached hydrogen (secondary N) is 1. The molecular weight excluding hydrogens is 347 g/mol. The van der Waals surface area contributed by atoms with Crippen LogP contribution in [0.5, 0.6) is 0 Å². The quantitative estimate of drug-likeness (QED) is 0.875. The Balaban J connectivity index is 2.08. The van der Waals surface area contributed by atoms with Gasteiger partial charge in [0.05, 0.1) is 23.3 Å². The molecule has 1 aliphatic heterocycles. The van der Waals surface area contributed by atoms with Gasteiger partial charge in [-0.2, -0.15) is 13.2 Å². The third-order valence-corrected chi connectivity index (χ3v) is 3.88. The molecule has 0 aliphatic carbocycles. The van der Waals surface area contributed by atoms with Crippen molar-refractivity contribution in [1.29, 1.82) is 0 Å². The van der Waals surface area contributed by atoms with Gasteiger partial charge in [0.25, 0.3) is 5.91 Å². The minimum absolute atomic E-state index is 0.00431. The first-order valence-corrected chi connectivity index (χ1v) is 7.96. The number of aromatic nitrogens is 1. The van der Waals surface area contributed by atoms with Crippen molar-refractivity contribution in [2.45, 2.75) is 37.9 Å². The number of ether oxygens (including phenoxy) is 1. The molecule has 0 spiro atoms. The van der Waals surface area contributed by atoms with Crippen molar-refractivity contribution >= 4 is 29.4 Å². The third kappa shape index (κ3) is 4.53. The Kier molecular flexibility index (Phi) is 4.97. The summed E-state index contributed by atoms with van der Waals surface area (Å²) in [5.74, 6) is -0.542. The summed E-state index contributed by atoms with van der Waals surface area (Å²) in [6, 6.07) is 0.836. The molecule has 1 N–H and O–H groups in total. The Morgan fingerprint density at radius 1 is 1.38 bits per heavy atom.